The van der Waals surface area contributed by atoms with Gasteiger partial charge in [-0.15, -0.1) is 0 Å². The van der Waals surface area contributed by atoms with Crippen molar-refractivity contribution in [2.24, 2.45) is 5.73 Å². The van der Waals surface area contributed by atoms with E-state index >= 15 is 0 Å². The quantitative estimate of drug-likeness (QED) is 0.709. The van der Waals surface area contributed by atoms with Gasteiger partial charge in [-0.3, -0.25) is 4.57 Å². The van der Waals surface area contributed by atoms with Crippen LogP contribution in [0.15, 0.2) is 0 Å². The second-order valence-corrected chi connectivity index (χ2v) is 6.53. The second-order valence-electron chi connectivity index (χ2n) is 4.35. The van der Waals surface area contributed by atoms with E-state index in [4.69, 9.17) is 14.8 Å². The molecule has 1 aliphatic heterocycles. The zero-order valence-corrected chi connectivity index (χ0v) is 11.8. The SMILES string of the molecule is CCOP(=O)(CCN1CCC(N)CC1)OCC. The van der Waals surface area contributed by atoms with Gasteiger partial charge in [-0.05, 0) is 39.8 Å². The number of nitrogens with two attached hydrogens (primary N) is 1. The van der Waals surface area contributed by atoms with Crippen molar-refractivity contribution < 1.29 is 13.6 Å². The molecule has 0 saturated carbocycles. The topological polar surface area (TPSA) is 64.8 Å². The van der Waals surface area contributed by atoms with E-state index in [1.807, 2.05) is 13.8 Å². The first-order chi connectivity index (χ1) is 8.09. The summed E-state index contributed by atoms with van der Waals surface area (Å²) in [5, 5.41) is 0. The minimum absolute atomic E-state index is 0.330. The molecule has 1 aliphatic rings. The highest BCUT2D eigenvalue weighted by Gasteiger charge is 2.25. The van der Waals surface area contributed by atoms with E-state index in [0.29, 0.717) is 25.4 Å². The van der Waals surface area contributed by atoms with Crippen LogP contribution in [-0.2, 0) is 13.6 Å². The van der Waals surface area contributed by atoms with Gasteiger partial charge in [0.2, 0.25) is 0 Å². The van der Waals surface area contributed by atoms with E-state index in [-0.39, 0.29) is 0 Å². The van der Waals surface area contributed by atoms with Crippen LogP contribution in [0.25, 0.3) is 0 Å². The van der Waals surface area contributed by atoms with Crippen LogP contribution in [0.2, 0.25) is 0 Å². The molecule has 0 unspecified atom stereocenters. The Labute approximate surface area is 104 Å². The fourth-order valence-electron chi connectivity index (χ4n) is 2.00. The van der Waals surface area contributed by atoms with Gasteiger partial charge in [-0.2, -0.15) is 0 Å². The van der Waals surface area contributed by atoms with Gasteiger partial charge in [0.05, 0.1) is 19.4 Å². The van der Waals surface area contributed by atoms with Crippen LogP contribution in [0.5, 0.6) is 0 Å². The van der Waals surface area contributed by atoms with Crippen LogP contribution in [0, 0.1) is 0 Å². The van der Waals surface area contributed by atoms with Gasteiger partial charge in [0.25, 0.3) is 0 Å². The lowest BCUT2D eigenvalue weighted by Crippen LogP contribution is -2.40. The Morgan fingerprint density at radius 3 is 2.24 bits per heavy atom. The minimum Gasteiger partial charge on any atom is -0.328 e. The number of nitrogens with zero attached hydrogens (tertiary/aromatic N) is 1. The first-order valence-electron chi connectivity index (χ1n) is 6.45. The molecule has 0 spiro atoms. The lowest BCUT2D eigenvalue weighted by molar-refractivity contribution is 0.198. The highest BCUT2D eigenvalue weighted by molar-refractivity contribution is 7.53. The van der Waals surface area contributed by atoms with E-state index < -0.39 is 7.60 Å². The third kappa shape index (κ3) is 5.49. The molecule has 0 radical (unpaired) electrons. The van der Waals surface area contributed by atoms with Gasteiger partial charge in [0.1, 0.15) is 0 Å². The molecule has 17 heavy (non-hydrogen) atoms. The Balaban J connectivity index is 2.33. The zero-order valence-electron chi connectivity index (χ0n) is 10.9. The summed E-state index contributed by atoms with van der Waals surface area (Å²) in [4.78, 5) is 2.29. The number of hydrogen-bond acceptors (Lipinski definition) is 5. The number of piperidine rings is 1. The van der Waals surface area contributed by atoms with Crippen molar-refractivity contribution in [3.8, 4) is 0 Å². The summed E-state index contributed by atoms with van der Waals surface area (Å²) in [6.07, 6.45) is 2.52. The normalized spacial score (nSPS) is 19.7. The maximum atomic E-state index is 12.2. The largest absolute Gasteiger partial charge is 0.331 e. The maximum absolute atomic E-state index is 12.2. The predicted octanol–water partition coefficient (Wildman–Crippen LogP) is 1.68. The van der Waals surface area contributed by atoms with Gasteiger partial charge in [0.15, 0.2) is 0 Å². The standard InChI is InChI=1S/C11H25N2O3P/c1-3-15-17(14,16-4-2)10-9-13-7-5-11(12)6-8-13/h11H,3-10,12H2,1-2H3. The molecule has 0 aliphatic carbocycles. The Bertz CT molecular complexity index is 245. The van der Waals surface area contributed by atoms with Crippen LogP contribution >= 0.6 is 7.60 Å². The number of hydrogen-bond donors (Lipinski definition) is 1. The predicted molar refractivity (Wildman–Crippen MR) is 69.4 cm³/mol. The van der Waals surface area contributed by atoms with Crippen molar-refractivity contribution in [2.75, 3.05) is 39.0 Å². The molecule has 5 nitrogen and oxygen atoms in total. The molecule has 0 aromatic rings. The third-order valence-electron chi connectivity index (χ3n) is 2.97. The average Bonchev–Trinajstić information content (AvgIpc) is 2.29. The Morgan fingerprint density at radius 1 is 1.24 bits per heavy atom. The summed E-state index contributed by atoms with van der Waals surface area (Å²) in [5.74, 6) is 0. The van der Waals surface area contributed by atoms with Gasteiger partial charge >= 0.3 is 7.60 Å². The highest BCUT2D eigenvalue weighted by Crippen LogP contribution is 2.47. The van der Waals surface area contributed by atoms with Crippen molar-refractivity contribution in [2.45, 2.75) is 32.7 Å². The second kappa shape index (κ2) is 7.49. The zero-order chi connectivity index (χ0) is 12.7. The fourth-order valence-corrected chi connectivity index (χ4v) is 3.65. The molecule has 1 rings (SSSR count). The van der Waals surface area contributed by atoms with Gasteiger partial charge in [-0.25, -0.2) is 0 Å². The Kier molecular flexibility index (Phi) is 6.67. The summed E-state index contributed by atoms with van der Waals surface area (Å²) < 4.78 is 22.8. The Hall–Kier alpha value is 0.0700. The summed E-state index contributed by atoms with van der Waals surface area (Å²) in [6, 6.07) is 0.330. The van der Waals surface area contributed by atoms with Gasteiger partial charge < -0.3 is 19.7 Å². The molecule has 102 valence electrons. The van der Waals surface area contributed by atoms with Gasteiger partial charge in [-0.1, -0.05) is 0 Å². The molecule has 0 amide bonds. The molecule has 0 aromatic carbocycles. The fraction of sp³-hybridized carbons (Fsp3) is 1.00. The molecule has 0 bridgehead atoms. The molecule has 1 saturated heterocycles. The van der Waals surface area contributed by atoms with Crippen LogP contribution in [0.3, 0.4) is 0 Å². The maximum Gasteiger partial charge on any atom is 0.331 e. The number of likely N-dealkylation sites (tertiary alicyclic amines) is 1. The number of rotatable bonds is 7. The molecule has 1 heterocycles. The highest BCUT2D eigenvalue weighted by atomic mass is 31.2. The van der Waals surface area contributed by atoms with E-state index in [1.165, 1.54) is 0 Å². The van der Waals surface area contributed by atoms with E-state index in [0.717, 1.165) is 32.5 Å². The van der Waals surface area contributed by atoms with Crippen molar-refractivity contribution >= 4 is 7.60 Å². The van der Waals surface area contributed by atoms with E-state index in [1.54, 1.807) is 0 Å². The third-order valence-corrected chi connectivity index (χ3v) is 5.02. The van der Waals surface area contributed by atoms with Crippen LogP contribution < -0.4 is 5.73 Å². The van der Waals surface area contributed by atoms with Gasteiger partial charge in [0, 0.05) is 12.6 Å². The molecule has 6 heteroatoms. The summed E-state index contributed by atoms with van der Waals surface area (Å²) in [5.41, 5.74) is 5.84. The van der Waals surface area contributed by atoms with Crippen LogP contribution in [-0.4, -0.2) is 50.0 Å². The Morgan fingerprint density at radius 2 is 1.76 bits per heavy atom. The molecule has 1 fully saturated rings. The first-order valence-corrected chi connectivity index (χ1v) is 8.18. The minimum atomic E-state index is -2.87. The smallest absolute Gasteiger partial charge is 0.328 e. The van der Waals surface area contributed by atoms with Crippen molar-refractivity contribution in [1.29, 1.82) is 0 Å². The van der Waals surface area contributed by atoms with Crippen molar-refractivity contribution in [1.82, 2.24) is 4.90 Å². The van der Waals surface area contributed by atoms with E-state index in [2.05, 4.69) is 4.90 Å². The summed E-state index contributed by atoms with van der Waals surface area (Å²) in [6.45, 7) is 7.28. The van der Waals surface area contributed by atoms with Crippen LogP contribution in [0.1, 0.15) is 26.7 Å². The molecule has 2 N–H and O–H groups in total. The lowest BCUT2D eigenvalue weighted by Gasteiger charge is -2.30. The average molecular weight is 264 g/mol. The molecular weight excluding hydrogens is 239 g/mol. The molecule has 0 atom stereocenters. The molecular formula is C11H25N2O3P. The summed E-state index contributed by atoms with van der Waals surface area (Å²) >= 11 is 0. The van der Waals surface area contributed by atoms with E-state index in [9.17, 15) is 4.57 Å². The van der Waals surface area contributed by atoms with Crippen LogP contribution in [0.4, 0.5) is 0 Å². The first kappa shape index (κ1) is 15.1. The summed E-state index contributed by atoms with van der Waals surface area (Å²) in [7, 11) is -2.87. The lowest BCUT2D eigenvalue weighted by atomic mass is 10.1. The molecule has 0 aromatic heterocycles. The van der Waals surface area contributed by atoms with Crippen molar-refractivity contribution in [3.63, 3.8) is 0 Å². The monoisotopic (exact) mass is 264 g/mol. The van der Waals surface area contributed by atoms with Crippen molar-refractivity contribution in [3.05, 3.63) is 0 Å².